The van der Waals surface area contributed by atoms with Crippen LogP contribution in [0.4, 0.5) is 10.1 Å². The summed E-state index contributed by atoms with van der Waals surface area (Å²) in [5.41, 5.74) is 2.27. The molecule has 0 atom stereocenters. The molecule has 22 heavy (non-hydrogen) atoms. The minimum absolute atomic E-state index is 0.0479. The molecule has 0 spiro atoms. The van der Waals surface area contributed by atoms with Crippen LogP contribution in [0, 0.1) is 5.82 Å². The summed E-state index contributed by atoms with van der Waals surface area (Å²) in [4.78, 5) is 12.4. The SMILES string of the molecule is O=C(Nc1ccc(F)c(Cl)c1)c1cn[nH]c1-c1ccccc1. The van der Waals surface area contributed by atoms with Gasteiger partial charge >= 0.3 is 0 Å². The van der Waals surface area contributed by atoms with Crippen LogP contribution in [-0.4, -0.2) is 16.1 Å². The molecule has 1 heterocycles. The van der Waals surface area contributed by atoms with E-state index in [0.717, 1.165) is 5.56 Å². The van der Waals surface area contributed by atoms with E-state index in [0.29, 0.717) is 16.9 Å². The van der Waals surface area contributed by atoms with Crippen molar-refractivity contribution in [3.05, 3.63) is 71.1 Å². The third-order valence-corrected chi connectivity index (χ3v) is 3.41. The lowest BCUT2D eigenvalue weighted by Crippen LogP contribution is -2.12. The van der Waals surface area contributed by atoms with Crippen molar-refractivity contribution >= 4 is 23.2 Å². The maximum Gasteiger partial charge on any atom is 0.259 e. The number of anilines is 1. The molecule has 1 amide bonds. The number of nitrogens with one attached hydrogen (secondary N) is 2. The minimum Gasteiger partial charge on any atom is -0.322 e. The van der Waals surface area contributed by atoms with Crippen molar-refractivity contribution in [2.45, 2.75) is 0 Å². The number of hydrogen-bond donors (Lipinski definition) is 2. The molecule has 0 unspecified atom stereocenters. The molecule has 1 aromatic heterocycles. The van der Waals surface area contributed by atoms with Gasteiger partial charge < -0.3 is 5.32 Å². The van der Waals surface area contributed by atoms with E-state index in [2.05, 4.69) is 15.5 Å². The number of amides is 1. The number of hydrogen-bond acceptors (Lipinski definition) is 2. The number of nitrogens with zero attached hydrogens (tertiary/aromatic N) is 1. The molecule has 0 radical (unpaired) electrons. The first-order valence-corrected chi connectivity index (χ1v) is 6.88. The molecule has 3 aromatic rings. The van der Waals surface area contributed by atoms with E-state index in [9.17, 15) is 9.18 Å². The standard InChI is InChI=1S/C16H11ClFN3O/c17-13-8-11(6-7-14(13)18)20-16(22)12-9-19-21-15(12)10-4-2-1-3-5-10/h1-9H,(H,19,21)(H,20,22). The number of carbonyl (C=O) groups is 1. The monoisotopic (exact) mass is 315 g/mol. The Kier molecular flexibility index (Phi) is 3.89. The highest BCUT2D eigenvalue weighted by Gasteiger charge is 2.15. The van der Waals surface area contributed by atoms with Crippen molar-refractivity contribution in [2.24, 2.45) is 0 Å². The number of aromatic nitrogens is 2. The number of aromatic amines is 1. The van der Waals surface area contributed by atoms with Crippen LogP contribution in [0.3, 0.4) is 0 Å². The average molecular weight is 316 g/mol. The highest BCUT2D eigenvalue weighted by atomic mass is 35.5. The van der Waals surface area contributed by atoms with Gasteiger partial charge in [-0.3, -0.25) is 9.89 Å². The van der Waals surface area contributed by atoms with Gasteiger partial charge in [-0.05, 0) is 18.2 Å². The first kappa shape index (κ1) is 14.3. The quantitative estimate of drug-likeness (QED) is 0.763. The van der Waals surface area contributed by atoms with Crippen molar-refractivity contribution in [3.8, 4) is 11.3 Å². The van der Waals surface area contributed by atoms with Crippen LogP contribution in [0.5, 0.6) is 0 Å². The molecule has 0 bridgehead atoms. The van der Waals surface area contributed by atoms with Gasteiger partial charge in [0.1, 0.15) is 5.82 Å². The van der Waals surface area contributed by atoms with Crippen LogP contribution < -0.4 is 5.32 Å². The Balaban J connectivity index is 1.87. The zero-order chi connectivity index (χ0) is 15.5. The van der Waals surface area contributed by atoms with Gasteiger partial charge in [0.05, 0.1) is 22.5 Å². The van der Waals surface area contributed by atoms with Gasteiger partial charge in [0, 0.05) is 11.3 Å². The van der Waals surface area contributed by atoms with Gasteiger partial charge in [0.15, 0.2) is 0 Å². The highest BCUT2D eigenvalue weighted by molar-refractivity contribution is 6.31. The van der Waals surface area contributed by atoms with Gasteiger partial charge in [-0.1, -0.05) is 41.9 Å². The van der Waals surface area contributed by atoms with E-state index in [1.54, 1.807) is 0 Å². The summed E-state index contributed by atoms with van der Waals surface area (Å²) in [6, 6.07) is 13.4. The van der Waals surface area contributed by atoms with E-state index in [1.165, 1.54) is 24.4 Å². The molecule has 110 valence electrons. The lowest BCUT2D eigenvalue weighted by Gasteiger charge is -2.06. The maximum atomic E-state index is 13.1. The average Bonchev–Trinajstić information content (AvgIpc) is 3.01. The zero-order valence-electron chi connectivity index (χ0n) is 11.3. The lowest BCUT2D eigenvalue weighted by atomic mass is 10.1. The fraction of sp³-hybridized carbons (Fsp3) is 0. The molecule has 4 nitrogen and oxygen atoms in total. The van der Waals surface area contributed by atoms with Crippen LogP contribution in [0.2, 0.25) is 5.02 Å². The number of H-pyrrole nitrogens is 1. The topological polar surface area (TPSA) is 57.8 Å². The lowest BCUT2D eigenvalue weighted by molar-refractivity contribution is 0.102. The fourth-order valence-corrected chi connectivity index (χ4v) is 2.24. The van der Waals surface area contributed by atoms with E-state index in [1.807, 2.05) is 30.3 Å². The Labute approximate surface area is 130 Å². The van der Waals surface area contributed by atoms with Crippen molar-refractivity contribution in [1.29, 1.82) is 0 Å². The van der Waals surface area contributed by atoms with Crippen molar-refractivity contribution in [1.82, 2.24) is 10.2 Å². The summed E-state index contributed by atoms with van der Waals surface area (Å²) in [6.07, 6.45) is 1.45. The molecule has 0 saturated heterocycles. The molecule has 2 aromatic carbocycles. The van der Waals surface area contributed by atoms with Crippen molar-refractivity contribution < 1.29 is 9.18 Å². The predicted octanol–water partition coefficient (Wildman–Crippen LogP) is 4.12. The van der Waals surface area contributed by atoms with Crippen molar-refractivity contribution in [2.75, 3.05) is 5.32 Å². The Morgan fingerprint density at radius 3 is 2.68 bits per heavy atom. The maximum absolute atomic E-state index is 13.1. The number of carbonyl (C=O) groups excluding carboxylic acids is 1. The zero-order valence-corrected chi connectivity index (χ0v) is 12.1. The van der Waals surface area contributed by atoms with Crippen LogP contribution >= 0.6 is 11.6 Å². The Hall–Kier alpha value is -2.66. The summed E-state index contributed by atoms with van der Waals surface area (Å²) in [6.45, 7) is 0. The smallest absolute Gasteiger partial charge is 0.259 e. The minimum atomic E-state index is -0.534. The number of benzene rings is 2. The molecule has 0 fully saturated rings. The summed E-state index contributed by atoms with van der Waals surface area (Å²) in [5, 5.41) is 9.36. The fourth-order valence-electron chi connectivity index (χ4n) is 2.06. The highest BCUT2D eigenvalue weighted by Crippen LogP contribution is 2.23. The van der Waals surface area contributed by atoms with Crippen LogP contribution in [0.15, 0.2) is 54.7 Å². The van der Waals surface area contributed by atoms with Crippen LogP contribution in [0.25, 0.3) is 11.3 Å². The molecule has 3 rings (SSSR count). The summed E-state index contributed by atoms with van der Waals surface area (Å²) < 4.78 is 13.1. The molecule has 0 aliphatic heterocycles. The Morgan fingerprint density at radius 2 is 1.95 bits per heavy atom. The molecular formula is C16H11ClFN3O. The molecule has 0 aliphatic rings. The number of halogens is 2. The van der Waals surface area contributed by atoms with E-state index in [4.69, 9.17) is 11.6 Å². The van der Waals surface area contributed by atoms with Gasteiger partial charge in [0.25, 0.3) is 5.91 Å². The largest absolute Gasteiger partial charge is 0.322 e. The molecule has 0 aliphatic carbocycles. The second-order valence-corrected chi connectivity index (χ2v) is 5.01. The number of rotatable bonds is 3. The summed E-state index contributed by atoms with van der Waals surface area (Å²) in [7, 11) is 0. The van der Waals surface area contributed by atoms with E-state index >= 15 is 0 Å². The van der Waals surface area contributed by atoms with E-state index in [-0.39, 0.29) is 10.9 Å². The second-order valence-electron chi connectivity index (χ2n) is 4.61. The van der Waals surface area contributed by atoms with Crippen LogP contribution in [-0.2, 0) is 0 Å². The molecule has 2 N–H and O–H groups in total. The molecular weight excluding hydrogens is 305 g/mol. The van der Waals surface area contributed by atoms with Gasteiger partial charge in [-0.15, -0.1) is 0 Å². The second kappa shape index (κ2) is 5.99. The molecule has 6 heteroatoms. The van der Waals surface area contributed by atoms with E-state index < -0.39 is 5.82 Å². The Bertz CT molecular complexity index is 817. The van der Waals surface area contributed by atoms with Gasteiger partial charge in [0.2, 0.25) is 0 Å². The first-order valence-electron chi connectivity index (χ1n) is 6.50. The Morgan fingerprint density at radius 1 is 1.18 bits per heavy atom. The van der Waals surface area contributed by atoms with Gasteiger partial charge in [-0.25, -0.2) is 4.39 Å². The third-order valence-electron chi connectivity index (χ3n) is 3.12. The van der Waals surface area contributed by atoms with Crippen LogP contribution in [0.1, 0.15) is 10.4 Å². The third kappa shape index (κ3) is 2.84. The van der Waals surface area contributed by atoms with Gasteiger partial charge in [-0.2, -0.15) is 5.10 Å². The van der Waals surface area contributed by atoms with Crippen molar-refractivity contribution in [3.63, 3.8) is 0 Å². The first-order chi connectivity index (χ1) is 10.6. The molecule has 0 saturated carbocycles. The predicted molar refractivity (Wildman–Crippen MR) is 83.4 cm³/mol. The summed E-state index contributed by atoms with van der Waals surface area (Å²) >= 11 is 5.70. The summed E-state index contributed by atoms with van der Waals surface area (Å²) in [5.74, 6) is -0.886. The normalized spacial score (nSPS) is 10.5.